The number of nitrogens with one attached hydrogen (secondary N) is 1. The summed E-state index contributed by atoms with van der Waals surface area (Å²) in [6, 6.07) is 9.66. The maximum atomic E-state index is 8.09. The van der Waals surface area contributed by atoms with Crippen LogP contribution in [0.15, 0.2) is 41.6 Å². The summed E-state index contributed by atoms with van der Waals surface area (Å²) in [6.07, 6.45) is 1.71. The molecule has 82 valence electrons. The Kier molecular flexibility index (Phi) is 3.43. The van der Waals surface area contributed by atoms with Crippen LogP contribution >= 0.6 is 0 Å². The largest absolute Gasteiger partial charge is 0.278 e. The third kappa shape index (κ3) is 2.88. The lowest BCUT2D eigenvalue weighted by atomic mass is 10.1. The summed E-state index contributed by atoms with van der Waals surface area (Å²) in [5, 5.41) is 10.1. The zero-order chi connectivity index (χ0) is 11.9. The Morgan fingerprint density at radius 2 is 2.12 bits per heavy atom. The Labute approximate surface area is 98.1 Å². The molecule has 0 amide bonds. The van der Waals surface area contributed by atoms with Crippen LogP contribution in [0.2, 0.25) is 0 Å². The highest BCUT2D eigenvalue weighted by atomic mass is 15.1. The molecule has 0 aliphatic heterocycles. The molecule has 0 saturated heterocycles. The zero-order valence-corrected chi connectivity index (χ0v) is 8.96. The van der Waals surface area contributed by atoms with E-state index in [9.17, 15) is 0 Å². The van der Waals surface area contributed by atoms with Gasteiger partial charge in [-0.2, -0.15) is 5.10 Å². The Morgan fingerprint density at radius 1 is 1.29 bits per heavy atom. The van der Waals surface area contributed by atoms with Crippen molar-refractivity contribution in [2.75, 3.05) is 6.54 Å². The minimum atomic E-state index is 0.193. The van der Waals surface area contributed by atoms with E-state index in [2.05, 4.69) is 32.1 Å². The van der Waals surface area contributed by atoms with Crippen LogP contribution in [-0.4, -0.2) is 16.7 Å². The van der Waals surface area contributed by atoms with E-state index in [1.54, 1.807) is 6.20 Å². The molecule has 5 heteroatoms. The minimum absolute atomic E-state index is 0.193. The number of hydrogen-bond acceptors (Lipinski definition) is 2. The number of hydrogen-bond donors (Lipinski definition) is 1. The predicted molar refractivity (Wildman–Crippen MR) is 64.9 cm³/mol. The van der Waals surface area contributed by atoms with Gasteiger partial charge in [-0.25, -0.2) is 0 Å². The van der Waals surface area contributed by atoms with Gasteiger partial charge in [0.1, 0.15) is 0 Å². The van der Waals surface area contributed by atoms with E-state index >= 15 is 0 Å². The number of benzene rings is 1. The lowest BCUT2D eigenvalue weighted by Gasteiger charge is -1.96. The van der Waals surface area contributed by atoms with Crippen LogP contribution < -0.4 is 0 Å². The Hall–Kier alpha value is -2.70. The second kappa shape index (κ2) is 5.40. The zero-order valence-electron chi connectivity index (χ0n) is 8.96. The Bertz CT molecular complexity index is 580. The molecular weight excluding hydrogens is 214 g/mol. The minimum Gasteiger partial charge on any atom is -0.278 e. The van der Waals surface area contributed by atoms with Gasteiger partial charge >= 0.3 is 0 Å². The van der Waals surface area contributed by atoms with E-state index in [1.807, 2.05) is 30.3 Å². The van der Waals surface area contributed by atoms with Gasteiger partial charge in [-0.3, -0.25) is 5.10 Å². The fraction of sp³-hybridized carbons (Fsp3) is 0.0833. The molecule has 0 atom stereocenters. The molecule has 1 aromatic heterocycles. The second-order valence-corrected chi connectivity index (χ2v) is 3.24. The summed E-state index contributed by atoms with van der Waals surface area (Å²) in [7, 11) is 0. The van der Waals surface area contributed by atoms with Gasteiger partial charge in [0.05, 0.1) is 12.2 Å². The van der Waals surface area contributed by atoms with Gasteiger partial charge in [-0.15, -0.1) is 0 Å². The van der Waals surface area contributed by atoms with Crippen LogP contribution in [0, 0.1) is 11.8 Å². The first-order valence-corrected chi connectivity index (χ1v) is 4.99. The number of rotatable bonds is 2. The normalized spacial score (nSPS) is 8.94. The molecular formula is C12H9N5. The first kappa shape index (κ1) is 10.8. The van der Waals surface area contributed by atoms with Gasteiger partial charge < -0.3 is 0 Å². The van der Waals surface area contributed by atoms with E-state index in [4.69, 9.17) is 5.53 Å². The fourth-order valence-electron chi connectivity index (χ4n) is 1.36. The Balaban J connectivity index is 2.12. The van der Waals surface area contributed by atoms with Crippen LogP contribution in [0.1, 0.15) is 5.56 Å². The van der Waals surface area contributed by atoms with Crippen molar-refractivity contribution < 1.29 is 0 Å². The van der Waals surface area contributed by atoms with Crippen molar-refractivity contribution in [1.82, 2.24) is 10.2 Å². The molecule has 5 nitrogen and oxygen atoms in total. The highest BCUT2D eigenvalue weighted by Gasteiger charge is 1.97. The van der Waals surface area contributed by atoms with Crippen molar-refractivity contribution in [1.29, 1.82) is 0 Å². The molecule has 1 N–H and O–H groups in total. The topological polar surface area (TPSA) is 77.4 Å². The van der Waals surface area contributed by atoms with Gasteiger partial charge in [0.15, 0.2) is 0 Å². The molecule has 0 aliphatic rings. The van der Waals surface area contributed by atoms with E-state index in [0.29, 0.717) is 0 Å². The van der Waals surface area contributed by atoms with Gasteiger partial charge in [-0.1, -0.05) is 29.1 Å². The van der Waals surface area contributed by atoms with E-state index < -0.39 is 0 Å². The molecule has 0 unspecified atom stereocenters. The highest BCUT2D eigenvalue weighted by molar-refractivity contribution is 5.59. The molecule has 0 saturated carbocycles. The third-order valence-electron chi connectivity index (χ3n) is 2.14. The third-order valence-corrected chi connectivity index (χ3v) is 2.14. The van der Waals surface area contributed by atoms with Crippen molar-refractivity contribution in [3.8, 4) is 23.1 Å². The summed E-state index contributed by atoms with van der Waals surface area (Å²) >= 11 is 0. The van der Waals surface area contributed by atoms with E-state index in [1.165, 1.54) is 0 Å². The average molecular weight is 223 g/mol. The van der Waals surface area contributed by atoms with E-state index in [-0.39, 0.29) is 6.54 Å². The quantitative estimate of drug-likeness (QED) is 0.361. The van der Waals surface area contributed by atoms with E-state index in [0.717, 1.165) is 16.8 Å². The smallest absolute Gasteiger partial charge is 0.0880 e. The number of azide groups is 1. The van der Waals surface area contributed by atoms with Crippen molar-refractivity contribution in [2.45, 2.75) is 0 Å². The van der Waals surface area contributed by atoms with Gasteiger partial charge in [0.2, 0.25) is 0 Å². The van der Waals surface area contributed by atoms with Crippen molar-refractivity contribution in [2.24, 2.45) is 5.11 Å². The number of nitrogens with zero attached hydrogens (tertiary/aromatic N) is 4. The highest BCUT2D eigenvalue weighted by Crippen LogP contribution is 2.15. The molecule has 0 fully saturated rings. The summed E-state index contributed by atoms with van der Waals surface area (Å²) in [4.78, 5) is 2.63. The average Bonchev–Trinajstić information content (AvgIpc) is 2.89. The van der Waals surface area contributed by atoms with Crippen LogP contribution in [0.25, 0.3) is 21.7 Å². The fourth-order valence-corrected chi connectivity index (χ4v) is 1.36. The predicted octanol–water partition coefficient (Wildman–Crippen LogP) is 2.74. The molecule has 0 bridgehead atoms. The molecule has 1 heterocycles. The van der Waals surface area contributed by atoms with Crippen molar-refractivity contribution >= 4 is 0 Å². The van der Waals surface area contributed by atoms with Crippen molar-refractivity contribution in [3.05, 3.63) is 52.5 Å². The molecule has 17 heavy (non-hydrogen) atoms. The molecule has 0 radical (unpaired) electrons. The van der Waals surface area contributed by atoms with Crippen molar-refractivity contribution in [3.63, 3.8) is 0 Å². The maximum Gasteiger partial charge on any atom is 0.0880 e. The Morgan fingerprint density at radius 3 is 2.76 bits per heavy atom. The van der Waals surface area contributed by atoms with Crippen LogP contribution in [0.3, 0.4) is 0 Å². The standard InChI is InChI=1S/C12H9N5/c13-17-15-8-1-2-10-3-5-11(6-4-10)12-7-9-14-16-12/h3-7,9H,8H2,(H,14,16). The summed E-state index contributed by atoms with van der Waals surface area (Å²) in [5.74, 6) is 5.68. The molecule has 0 aliphatic carbocycles. The molecule has 1 aromatic carbocycles. The second-order valence-electron chi connectivity index (χ2n) is 3.24. The lowest BCUT2D eigenvalue weighted by molar-refractivity contribution is 1.10. The van der Waals surface area contributed by atoms with Gasteiger partial charge in [-0.05, 0) is 29.3 Å². The summed E-state index contributed by atoms with van der Waals surface area (Å²) < 4.78 is 0. The first-order valence-electron chi connectivity index (χ1n) is 4.99. The molecule has 2 aromatic rings. The van der Waals surface area contributed by atoms with Crippen LogP contribution in [0.5, 0.6) is 0 Å². The number of aromatic amines is 1. The maximum absolute atomic E-state index is 8.09. The number of aromatic nitrogens is 2. The summed E-state index contributed by atoms with van der Waals surface area (Å²) in [5.41, 5.74) is 11.0. The first-order chi connectivity index (χ1) is 8.40. The lowest BCUT2D eigenvalue weighted by Crippen LogP contribution is -1.80. The van der Waals surface area contributed by atoms with Crippen LogP contribution in [-0.2, 0) is 0 Å². The number of H-pyrrole nitrogens is 1. The monoisotopic (exact) mass is 223 g/mol. The molecule has 0 spiro atoms. The van der Waals surface area contributed by atoms with Gasteiger partial charge in [0.25, 0.3) is 0 Å². The SMILES string of the molecule is [N-]=[N+]=NCC#Cc1ccc(-c2ccn[nH]2)cc1. The van der Waals surface area contributed by atoms with Crippen LogP contribution in [0.4, 0.5) is 0 Å². The molecule has 2 rings (SSSR count). The summed E-state index contributed by atoms with van der Waals surface area (Å²) in [6.45, 7) is 0.193. The van der Waals surface area contributed by atoms with Gasteiger partial charge in [0, 0.05) is 16.7 Å².